The molecule has 0 unspecified atom stereocenters. The topological polar surface area (TPSA) is 61.4 Å². The molecule has 15 heavy (non-hydrogen) atoms. The van der Waals surface area contributed by atoms with E-state index in [2.05, 4.69) is 10.6 Å². The third-order valence-electron chi connectivity index (χ3n) is 1.99. The summed E-state index contributed by atoms with van der Waals surface area (Å²) in [5, 5.41) is 14.6. The number of rotatable bonds is 4. The molecule has 3 N–H and O–H groups in total. The number of aliphatic hydroxyl groups is 1. The molecule has 1 aromatic rings. The van der Waals surface area contributed by atoms with Gasteiger partial charge in [0.1, 0.15) is 0 Å². The summed E-state index contributed by atoms with van der Waals surface area (Å²) in [6.45, 7) is 1.90. The summed E-state index contributed by atoms with van der Waals surface area (Å²) in [4.78, 5) is 11.5. The maximum Gasteiger partial charge on any atom is 0.251 e. The molecule has 4 heteroatoms. The van der Waals surface area contributed by atoms with E-state index in [1.807, 2.05) is 19.2 Å². The Hall–Kier alpha value is -1.55. The number of carbonyl (C=O) groups excluding carboxylic acids is 1. The summed E-state index contributed by atoms with van der Waals surface area (Å²) in [5.41, 5.74) is 1.55. The van der Waals surface area contributed by atoms with E-state index in [0.29, 0.717) is 5.56 Å². The second kappa shape index (κ2) is 5.36. The van der Waals surface area contributed by atoms with Gasteiger partial charge in [0, 0.05) is 24.8 Å². The maximum atomic E-state index is 11.5. The van der Waals surface area contributed by atoms with Gasteiger partial charge in [-0.15, -0.1) is 0 Å². The molecule has 0 saturated carbocycles. The molecule has 0 heterocycles. The van der Waals surface area contributed by atoms with Gasteiger partial charge in [0.05, 0.1) is 6.10 Å². The molecule has 0 aliphatic carbocycles. The standard InChI is InChI=1S/C11H16N2O2/c1-8(14)7-13-11(15)9-3-5-10(12-2)6-4-9/h3-6,8,12,14H,7H2,1-2H3,(H,13,15)/t8-/m1/s1. The van der Waals surface area contributed by atoms with Crippen LogP contribution in [0.3, 0.4) is 0 Å². The Bertz CT molecular complexity index is 320. The maximum absolute atomic E-state index is 11.5. The number of amides is 1. The van der Waals surface area contributed by atoms with E-state index < -0.39 is 6.10 Å². The number of anilines is 1. The van der Waals surface area contributed by atoms with E-state index in [1.165, 1.54) is 0 Å². The van der Waals surface area contributed by atoms with Crippen molar-refractivity contribution in [3.05, 3.63) is 29.8 Å². The summed E-state index contributed by atoms with van der Waals surface area (Å²) in [6.07, 6.45) is -0.523. The highest BCUT2D eigenvalue weighted by Gasteiger charge is 2.05. The zero-order valence-corrected chi connectivity index (χ0v) is 8.95. The van der Waals surface area contributed by atoms with E-state index in [9.17, 15) is 4.79 Å². The molecule has 1 aromatic carbocycles. The van der Waals surface area contributed by atoms with Crippen molar-refractivity contribution in [1.29, 1.82) is 0 Å². The quantitative estimate of drug-likeness (QED) is 0.687. The van der Waals surface area contributed by atoms with Crippen LogP contribution in [0.25, 0.3) is 0 Å². The second-order valence-electron chi connectivity index (χ2n) is 3.39. The molecule has 0 aromatic heterocycles. The molecule has 1 atom stereocenters. The summed E-state index contributed by atoms with van der Waals surface area (Å²) in [7, 11) is 1.82. The normalized spacial score (nSPS) is 11.9. The first kappa shape index (κ1) is 11.5. The Morgan fingerprint density at radius 1 is 1.40 bits per heavy atom. The van der Waals surface area contributed by atoms with Crippen molar-refractivity contribution >= 4 is 11.6 Å². The van der Waals surface area contributed by atoms with Crippen LogP contribution in [0.2, 0.25) is 0 Å². The van der Waals surface area contributed by atoms with Gasteiger partial charge >= 0.3 is 0 Å². The number of hydrogen-bond donors (Lipinski definition) is 3. The van der Waals surface area contributed by atoms with E-state index in [1.54, 1.807) is 19.1 Å². The Labute approximate surface area is 89.3 Å². The van der Waals surface area contributed by atoms with E-state index in [0.717, 1.165) is 5.69 Å². The van der Waals surface area contributed by atoms with Crippen LogP contribution >= 0.6 is 0 Å². The lowest BCUT2D eigenvalue weighted by atomic mass is 10.2. The van der Waals surface area contributed by atoms with Gasteiger partial charge in [-0.25, -0.2) is 0 Å². The van der Waals surface area contributed by atoms with E-state index in [4.69, 9.17) is 5.11 Å². The zero-order valence-electron chi connectivity index (χ0n) is 8.95. The molecule has 0 fully saturated rings. The molecule has 82 valence electrons. The molecule has 0 bridgehead atoms. The molecular formula is C11H16N2O2. The third kappa shape index (κ3) is 3.59. The Morgan fingerprint density at radius 2 is 2.00 bits per heavy atom. The minimum absolute atomic E-state index is 0.168. The fourth-order valence-corrected chi connectivity index (χ4v) is 1.13. The first-order valence-electron chi connectivity index (χ1n) is 4.87. The van der Waals surface area contributed by atoms with Crippen LogP contribution in [-0.2, 0) is 0 Å². The molecular weight excluding hydrogens is 192 g/mol. The van der Waals surface area contributed by atoms with Gasteiger partial charge < -0.3 is 15.7 Å². The van der Waals surface area contributed by atoms with Crippen molar-refractivity contribution in [3.8, 4) is 0 Å². The SMILES string of the molecule is CNc1ccc(C(=O)NC[C@@H](C)O)cc1. The summed E-state index contributed by atoms with van der Waals surface area (Å²) in [5.74, 6) is -0.168. The van der Waals surface area contributed by atoms with Crippen LogP contribution in [0, 0.1) is 0 Å². The summed E-state index contributed by atoms with van der Waals surface area (Å²) in [6, 6.07) is 7.14. The number of hydrogen-bond acceptors (Lipinski definition) is 3. The molecule has 0 radical (unpaired) electrons. The van der Waals surface area contributed by atoms with Gasteiger partial charge in [-0.05, 0) is 31.2 Å². The van der Waals surface area contributed by atoms with E-state index >= 15 is 0 Å². The molecule has 4 nitrogen and oxygen atoms in total. The second-order valence-corrected chi connectivity index (χ2v) is 3.39. The Kier molecular flexibility index (Phi) is 4.12. The zero-order chi connectivity index (χ0) is 11.3. The lowest BCUT2D eigenvalue weighted by Crippen LogP contribution is -2.30. The van der Waals surface area contributed by atoms with Gasteiger partial charge in [0.15, 0.2) is 0 Å². The van der Waals surface area contributed by atoms with Crippen molar-refractivity contribution in [2.75, 3.05) is 18.9 Å². The smallest absolute Gasteiger partial charge is 0.251 e. The predicted molar refractivity (Wildman–Crippen MR) is 60.0 cm³/mol. The number of aliphatic hydroxyl groups excluding tert-OH is 1. The molecule has 1 rings (SSSR count). The van der Waals surface area contributed by atoms with Crippen LogP contribution in [-0.4, -0.2) is 30.7 Å². The number of carbonyl (C=O) groups is 1. The fraction of sp³-hybridized carbons (Fsp3) is 0.364. The van der Waals surface area contributed by atoms with Crippen molar-refractivity contribution < 1.29 is 9.90 Å². The van der Waals surface area contributed by atoms with Crippen molar-refractivity contribution in [2.24, 2.45) is 0 Å². The molecule has 0 aliphatic heterocycles. The first-order chi connectivity index (χ1) is 7.13. The monoisotopic (exact) mass is 208 g/mol. The van der Waals surface area contributed by atoms with Crippen molar-refractivity contribution in [3.63, 3.8) is 0 Å². The van der Waals surface area contributed by atoms with Crippen LogP contribution in [0.4, 0.5) is 5.69 Å². The van der Waals surface area contributed by atoms with Crippen LogP contribution < -0.4 is 10.6 Å². The molecule has 1 amide bonds. The number of benzene rings is 1. The van der Waals surface area contributed by atoms with Crippen molar-refractivity contribution in [1.82, 2.24) is 5.32 Å². The highest BCUT2D eigenvalue weighted by molar-refractivity contribution is 5.94. The van der Waals surface area contributed by atoms with Crippen LogP contribution in [0.1, 0.15) is 17.3 Å². The molecule has 0 spiro atoms. The molecule has 0 saturated heterocycles. The van der Waals surface area contributed by atoms with Crippen LogP contribution in [0.15, 0.2) is 24.3 Å². The van der Waals surface area contributed by atoms with Crippen molar-refractivity contribution in [2.45, 2.75) is 13.0 Å². The lowest BCUT2D eigenvalue weighted by molar-refractivity contribution is 0.0924. The first-order valence-corrected chi connectivity index (χ1v) is 4.87. The summed E-state index contributed by atoms with van der Waals surface area (Å²) < 4.78 is 0. The van der Waals surface area contributed by atoms with Gasteiger partial charge in [0.25, 0.3) is 5.91 Å². The average molecular weight is 208 g/mol. The van der Waals surface area contributed by atoms with Gasteiger partial charge in [0.2, 0.25) is 0 Å². The fourth-order valence-electron chi connectivity index (χ4n) is 1.13. The van der Waals surface area contributed by atoms with E-state index in [-0.39, 0.29) is 12.5 Å². The van der Waals surface area contributed by atoms with Gasteiger partial charge in [-0.2, -0.15) is 0 Å². The number of nitrogens with one attached hydrogen (secondary N) is 2. The Morgan fingerprint density at radius 3 is 2.47 bits per heavy atom. The minimum Gasteiger partial charge on any atom is -0.392 e. The average Bonchev–Trinajstić information content (AvgIpc) is 2.26. The predicted octanol–water partition coefficient (Wildman–Crippen LogP) is 0.839. The molecule has 0 aliphatic rings. The lowest BCUT2D eigenvalue weighted by Gasteiger charge is -2.07. The largest absolute Gasteiger partial charge is 0.392 e. The Balaban J connectivity index is 2.58. The highest BCUT2D eigenvalue weighted by Crippen LogP contribution is 2.08. The minimum atomic E-state index is -0.523. The summed E-state index contributed by atoms with van der Waals surface area (Å²) >= 11 is 0. The van der Waals surface area contributed by atoms with Crippen LogP contribution in [0.5, 0.6) is 0 Å². The third-order valence-corrected chi connectivity index (χ3v) is 1.99. The highest BCUT2D eigenvalue weighted by atomic mass is 16.3. The van der Waals surface area contributed by atoms with Gasteiger partial charge in [-0.3, -0.25) is 4.79 Å². The van der Waals surface area contributed by atoms with Gasteiger partial charge in [-0.1, -0.05) is 0 Å².